The number of para-hydroxylation sites is 1. The third-order valence-electron chi connectivity index (χ3n) is 5.92. The monoisotopic (exact) mass is 436 g/mol. The highest BCUT2D eigenvalue weighted by Gasteiger charge is 2.34. The minimum absolute atomic E-state index is 0.136. The van der Waals surface area contributed by atoms with E-state index in [4.69, 9.17) is 15.6 Å². The molecule has 5 rings (SSSR count). The van der Waals surface area contributed by atoms with Crippen molar-refractivity contribution in [1.29, 1.82) is 0 Å². The van der Waals surface area contributed by atoms with Crippen molar-refractivity contribution in [1.82, 2.24) is 20.0 Å². The number of benzene rings is 2. The quantitative estimate of drug-likeness (QED) is 0.569. The summed E-state index contributed by atoms with van der Waals surface area (Å²) in [6, 6.07) is 13.4. The summed E-state index contributed by atoms with van der Waals surface area (Å²) >= 11 is 0. The van der Waals surface area contributed by atoms with Crippen molar-refractivity contribution in [3.8, 4) is 17.2 Å². The number of aromatic nitrogens is 2. The van der Waals surface area contributed by atoms with E-state index in [-0.39, 0.29) is 11.8 Å². The zero-order valence-electron chi connectivity index (χ0n) is 17.6. The molecule has 1 saturated heterocycles. The molecule has 0 saturated carbocycles. The Balaban J connectivity index is 1.47. The second kappa shape index (κ2) is 8.60. The highest BCUT2D eigenvalue weighted by molar-refractivity contribution is 5.98. The third-order valence-corrected chi connectivity index (χ3v) is 5.92. The Hall–Kier alpha value is -3.43. The average Bonchev–Trinajstić information content (AvgIpc) is 3.22. The van der Waals surface area contributed by atoms with E-state index in [9.17, 15) is 9.18 Å². The molecular formula is C23H25FN6O2. The molecule has 8 nitrogen and oxygen atoms in total. The SMILES string of the molecule is NC(=O)c1c2c(nn1-c1ccc(Oc3ccccc3F)cc1)C(N1CCNCC1)CCN2. The Bertz CT molecular complexity index is 1120. The van der Waals surface area contributed by atoms with Gasteiger partial charge < -0.3 is 21.1 Å². The smallest absolute Gasteiger partial charge is 0.269 e. The molecule has 0 bridgehead atoms. The molecule has 1 atom stereocenters. The Morgan fingerprint density at radius 2 is 1.84 bits per heavy atom. The standard InChI is InChI=1S/C23H25FN6O2/c24-17-3-1-2-4-19(17)32-16-7-5-15(6-8-16)30-22(23(25)31)21-20(28-30)18(9-10-27-21)29-13-11-26-12-14-29/h1-8,18,26-27H,9-14H2,(H2,25,31). The van der Waals surface area contributed by atoms with Gasteiger partial charge in [-0.2, -0.15) is 5.10 Å². The molecule has 9 heteroatoms. The van der Waals surface area contributed by atoms with Crippen molar-refractivity contribution in [3.05, 3.63) is 65.7 Å². The largest absolute Gasteiger partial charge is 0.454 e. The summed E-state index contributed by atoms with van der Waals surface area (Å²) < 4.78 is 21.1. The van der Waals surface area contributed by atoms with Gasteiger partial charge in [0.2, 0.25) is 0 Å². The lowest BCUT2D eigenvalue weighted by atomic mass is 10.0. The number of nitrogens with one attached hydrogen (secondary N) is 2. The molecule has 3 heterocycles. The highest BCUT2D eigenvalue weighted by Crippen LogP contribution is 2.37. The fraction of sp³-hybridized carbons (Fsp3) is 0.304. The van der Waals surface area contributed by atoms with E-state index in [1.54, 1.807) is 47.1 Å². The van der Waals surface area contributed by atoms with Crippen molar-refractivity contribution in [2.75, 3.05) is 38.0 Å². The Labute approximate surface area is 185 Å². The van der Waals surface area contributed by atoms with Crippen LogP contribution in [0.25, 0.3) is 5.69 Å². The van der Waals surface area contributed by atoms with Crippen molar-refractivity contribution in [2.24, 2.45) is 5.73 Å². The molecule has 0 aliphatic carbocycles. The third kappa shape index (κ3) is 3.80. The normalized spacial score (nSPS) is 18.6. The van der Waals surface area contributed by atoms with E-state index in [0.29, 0.717) is 22.8 Å². The first-order valence-corrected chi connectivity index (χ1v) is 10.8. The molecule has 32 heavy (non-hydrogen) atoms. The summed E-state index contributed by atoms with van der Waals surface area (Å²) in [5, 5.41) is 11.5. The van der Waals surface area contributed by atoms with Crippen LogP contribution in [0.2, 0.25) is 0 Å². The first-order valence-electron chi connectivity index (χ1n) is 10.8. The van der Waals surface area contributed by atoms with Gasteiger partial charge in [-0.25, -0.2) is 9.07 Å². The van der Waals surface area contributed by atoms with Crippen molar-refractivity contribution >= 4 is 11.6 Å². The minimum atomic E-state index is -0.543. The van der Waals surface area contributed by atoms with Gasteiger partial charge in [-0.05, 0) is 42.8 Å². The van der Waals surface area contributed by atoms with E-state index < -0.39 is 11.7 Å². The van der Waals surface area contributed by atoms with Crippen molar-refractivity contribution in [3.63, 3.8) is 0 Å². The molecule has 4 N–H and O–H groups in total. The van der Waals surface area contributed by atoms with Gasteiger partial charge in [-0.15, -0.1) is 0 Å². The average molecular weight is 436 g/mol. The molecule has 3 aromatic rings. The lowest BCUT2D eigenvalue weighted by Gasteiger charge is -2.36. The van der Waals surface area contributed by atoms with E-state index in [2.05, 4.69) is 15.5 Å². The topological polar surface area (TPSA) is 97.4 Å². The van der Waals surface area contributed by atoms with Gasteiger partial charge in [-0.1, -0.05) is 12.1 Å². The van der Waals surface area contributed by atoms with Crippen LogP contribution >= 0.6 is 0 Å². The van der Waals surface area contributed by atoms with Crippen LogP contribution in [0.5, 0.6) is 11.5 Å². The van der Waals surface area contributed by atoms with E-state index in [0.717, 1.165) is 44.8 Å². The van der Waals surface area contributed by atoms with E-state index >= 15 is 0 Å². The Kier molecular flexibility index (Phi) is 5.50. The fourth-order valence-electron chi connectivity index (χ4n) is 4.39. The van der Waals surface area contributed by atoms with Gasteiger partial charge in [0.15, 0.2) is 17.3 Å². The number of ether oxygens (including phenoxy) is 1. The van der Waals surface area contributed by atoms with Crippen LogP contribution in [0.15, 0.2) is 48.5 Å². The molecular weight excluding hydrogens is 411 g/mol. The number of amides is 1. The number of hydrogen-bond donors (Lipinski definition) is 3. The number of nitrogens with zero attached hydrogens (tertiary/aromatic N) is 3. The number of fused-ring (bicyclic) bond motifs is 1. The number of anilines is 1. The molecule has 2 aliphatic rings. The Morgan fingerprint density at radius 1 is 1.09 bits per heavy atom. The lowest BCUT2D eigenvalue weighted by molar-refractivity contribution is 0.0993. The zero-order valence-corrected chi connectivity index (χ0v) is 17.6. The number of carbonyl (C=O) groups is 1. The first-order chi connectivity index (χ1) is 15.6. The summed E-state index contributed by atoms with van der Waals surface area (Å²) in [7, 11) is 0. The Morgan fingerprint density at radius 3 is 2.56 bits per heavy atom. The maximum absolute atomic E-state index is 13.9. The van der Waals surface area contributed by atoms with Gasteiger partial charge in [-0.3, -0.25) is 9.69 Å². The molecule has 1 aromatic heterocycles. The summed E-state index contributed by atoms with van der Waals surface area (Å²) in [5.74, 6) is -0.347. The zero-order chi connectivity index (χ0) is 22.1. The van der Waals surface area contributed by atoms with Gasteiger partial charge >= 0.3 is 0 Å². The first kappa shape index (κ1) is 20.5. The highest BCUT2D eigenvalue weighted by atomic mass is 19.1. The molecule has 2 aromatic carbocycles. The second-order valence-corrected chi connectivity index (χ2v) is 7.93. The summed E-state index contributed by atoms with van der Waals surface area (Å²) in [5.41, 5.74) is 8.33. The van der Waals surface area contributed by atoms with E-state index in [1.807, 2.05) is 0 Å². The maximum Gasteiger partial charge on any atom is 0.269 e. The number of piperazine rings is 1. The number of rotatable bonds is 5. The molecule has 2 aliphatic heterocycles. The molecule has 1 amide bonds. The molecule has 1 fully saturated rings. The summed E-state index contributed by atoms with van der Waals surface area (Å²) in [6.07, 6.45) is 0.914. The van der Waals surface area contributed by atoms with Gasteiger partial charge in [0, 0.05) is 32.7 Å². The molecule has 0 spiro atoms. The van der Waals surface area contributed by atoms with Crippen LogP contribution in [0, 0.1) is 5.82 Å². The van der Waals surface area contributed by atoms with E-state index in [1.165, 1.54) is 6.07 Å². The minimum Gasteiger partial charge on any atom is -0.454 e. The van der Waals surface area contributed by atoms with Crippen LogP contribution in [-0.4, -0.2) is 53.3 Å². The van der Waals surface area contributed by atoms with Gasteiger partial charge in [0.25, 0.3) is 5.91 Å². The lowest BCUT2D eigenvalue weighted by Crippen LogP contribution is -2.46. The van der Waals surface area contributed by atoms with Gasteiger partial charge in [0.05, 0.1) is 17.4 Å². The van der Waals surface area contributed by atoms with Crippen LogP contribution in [-0.2, 0) is 0 Å². The number of carbonyl (C=O) groups excluding carboxylic acids is 1. The number of primary amides is 1. The van der Waals surface area contributed by atoms with Gasteiger partial charge in [0.1, 0.15) is 11.4 Å². The summed E-state index contributed by atoms with van der Waals surface area (Å²) in [4.78, 5) is 14.8. The fourth-order valence-corrected chi connectivity index (χ4v) is 4.39. The van der Waals surface area contributed by atoms with Crippen LogP contribution < -0.4 is 21.1 Å². The van der Waals surface area contributed by atoms with Crippen LogP contribution in [0.1, 0.15) is 28.6 Å². The van der Waals surface area contributed by atoms with Crippen LogP contribution in [0.3, 0.4) is 0 Å². The summed E-state index contributed by atoms with van der Waals surface area (Å²) in [6.45, 7) is 4.50. The number of halogens is 1. The van der Waals surface area contributed by atoms with Crippen LogP contribution in [0.4, 0.5) is 10.1 Å². The molecule has 1 unspecified atom stereocenters. The number of nitrogens with two attached hydrogens (primary N) is 1. The maximum atomic E-state index is 13.9. The second-order valence-electron chi connectivity index (χ2n) is 7.93. The molecule has 0 radical (unpaired) electrons. The number of hydrogen-bond acceptors (Lipinski definition) is 6. The predicted octanol–water partition coefficient (Wildman–Crippen LogP) is 2.66. The molecule has 166 valence electrons. The van der Waals surface area contributed by atoms with Crippen molar-refractivity contribution < 1.29 is 13.9 Å². The van der Waals surface area contributed by atoms with Crippen molar-refractivity contribution in [2.45, 2.75) is 12.5 Å². The predicted molar refractivity (Wildman–Crippen MR) is 119 cm³/mol.